The molecular formula is C14H23ClN2O. The molecule has 3 nitrogen and oxygen atoms in total. The minimum atomic E-state index is -0.0341. The largest absolute Gasteiger partial charge is 0.392 e. The Balaban J connectivity index is 2.67. The van der Waals surface area contributed by atoms with Crippen LogP contribution in [0.2, 0.25) is 5.02 Å². The van der Waals surface area contributed by atoms with Crippen molar-refractivity contribution in [3.05, 3.63) is 22.8 Å². The fraction of sp³-hybridized carbons (Fsp3) is 0.643. The van der Waals surface area contributed by atoms with Crippen molar-refractivity contribution in [3.8, 4) is 0 Å². The second-order valence-electron chi connectivity index (χ2n) is 5.36. The zero-order valence-electron chi connectivity index (χ0n) is 11.6. The maximum Gasteiger partial charge on any atom is 0.144 e. The molecular weight excluding hydrogens is 248 g/mol. The first-order valence-electron chi connectivity index (χ1n) is 6.44. The molecule has 0 aliphatic rings. The Morgan fingerprint density at radius 2 is 1.89 bits per heavy atom. The summed E-state index contributed by atoms with van der Waals surface area (Å²) in [5, 5.41) is 12.9. The Morgan fingerprint density at radius 1 is 1.28 bits per heavy atom. The number of aliphatic hydroxyl groups is 1. The van der Waals surface area contributed by atoms with Crippen molar-refractivity contribution in [1.82, 2.24) is 4.98 Å². The third kappa shape index (κ3) is 4.14. The molecule has 0 spiro atoms. The lowest BCUT2D eigenvalue weighted by Gasteiger charge is -2.25. The van der Waals surface area contributed by atoms with Crippen molar-refractivity contribution in [1.29, 1.82) is 0 Å². The van der Waals surface area contributed by atoms with E-state index in [-0.39, 0.29) is 6.61 Å². The van der Waals surface area contributed by atoms with Crippen LogP contribution < -0.4 is 5.32 Å². The van der Waals surface area contributed by atoms with E-state index in [0.29, 0.717) is 28.6 Å². The molecule has 0 aromatic carbocycles. The predicted molar refractivity (Wildman–Crippen MR) is 76.8 cm³/mol. The van der Waals surface area contributed by atoms with Gasteiger partial charge in [0, 0.05) is 12.7 Å². The van der Waals surface area contributed by atoms with E-state index in [1.54, 1.807) is 12.3 Å². The van der Waals surface area contributed by atoms with Crippen molar-refractivity contribution < 1.29 is 5.11 Å². The van der Waals surface area contributed by atoms with Gasteiger partial charge in [-0.1, -0.05) is 39.3 Å². The molecule has 0 unspecified atom stereocenters. The highest BCUT2D eigenvalue weighted by Crippen LogP contribution is 2.24. The first kappa shape index (κ1) is 15.3. The summed E-state index contributed by atoms with van der Waals surface area (Å²) in [6, 6.07) is 1.75. The molecule has 102 valence electrons. The fourth-order valence-corrected chi connectivity index (χ4v) is 2.41. The van der Waals surface area contributed by atoms with E-state index < -0.39 is 0 Å². The van der Waals surface area contributed by atoms with Gasteiger partial charge >= 0.3 is 0 Å². The van der Waals surface area contributed by atoms with Crippen LogP contribution >= 0.6 is 11.6 Å². The highest BCUT2D eigenvalue weighted by Gasteiger charge is 2.17. The first-order chi connectivity index (χ1) is 8.45. The fourth-order valence-electron chi connectivity index (χ4n) is 2.15. The van der Waals surface area contributed by atoms with Gasteiger partial charge in [-0.25, -0.2) is 4.98 Å². The molecule has 0 amide bonds. The predicted octanol–water partition coefficient (Wildman–Crippen LogP) is 3.57. The van der Waals surface area contributed by atoms with Crippen LogP contribution in [0.15, 0.2) is 12.3 Å². The molecule has 0 aliphatic carbocycles. The number of nitrogens with zero attached hydrogens (tertiary/aromatic N) is 1. The summed E-state index contributed by atoms with van der Waals surface area (Å²) in [6.07, 6.45) is 1.65. The lowest BCUT2D eigenvalue weighted by atomic mass is 9.85. The first-order valence-corrected chi connectivity index (χ1v) is 6.82. The van der Waals surface area contributed by atoms with Crippen LogP contribution in [0.1, 0.15) is 33.3 Å². The van der Waals surface area contributed by atoms with Crippen molar-refractivity contribution in [3.63, 3.8) is 0 Å². The maximum absolute atomic E-state index is 9.00. The standard InChI is InChI=1S/C14H23ClN2O/c1-9(2)12(10(3)4)7-17-14-13(15)5-11(8-18)6-16-14/h5-6,9-10,12,18H,7-8H2,1-4H3,(H,16,17). The second-order valence-corrected chi connectivity index (χ2v) is 5.77. The van der Waals surface area contributed by atoms with Crippen molar-refractivity contribution in [2.45, 2.75) is 34.3 Å². The van der Waals surface area contributed by atoms with Crippen LogP contribution in [-0.2, 0) is 6.61 Å². The van der Waals surface area contributed by atoms with Crippen molar-refractivity contribution >= 4 is 17.4 Å². The van der Waals surface area contributed by atoms with Crippen LogP contribution in [0.3, 0.4) is 0 Å². The second kappa shape index (κ2) is 6.95. The van der Waals surface area contributed by atoms with Crippen molar-refractivity contribution in [2.24, 2.45) is 17.8 Å². The van der Waals surface area contributed by atoms with Crippen LogP contribution in [0, 0.1) is 17.8 Å². The summed E-state index contributed by atoms with van der Waals surface area (Å²) in [4.78, 5) is 4.24. The monoisotopic (exact) mass is 270 g/mol. The van der Waals surface area contributed by atoms with E-state index in [1.807, 2.05) is 0 Å². The highest BCUT2D eigenvalue weighted by molar-refractivity contribution is 6.32. The van der Waals surface area contributed by atoms with Gasteiger partial charge in [-0.05, 0) is 29.4 Å². The van der Waals surface area contributed by atoms with Gasteiger partial charge in [-0.3, -0.25) is 0 Å². The number of hydrogen-bond acceptors (Lipinski definition) is 3. The van der Waals surface area contributed by atoms with E-state index in [1.165, 1.54) is 0 Å². The van der Waals surface area contributed by atoms with Gasteiger partial charge in [0.25, 0.3) is 0 Å². The molecule has 1 aromatic heterocycles. The molecule has 0 saturated carbocycles. The van der Waals surface area contributed by atoms with Gasteiger partial charge in [-0.15, -0.1) is 0 Å². The molecule has 2 N–H and O–H groups in total. The number of aliphatic hydroxyl groups excluding tert-OH is 1. The Hall–Kier alpha value is -0.800. The molecule has 4 heteroatoms. The molecule has 0 atom stereocenters. The third-order valence-corrected chi connectivity index (χ3v) is 3.59. The van der Waals surface area contributed by atoms with Crippen LogP contribution in [0.25, 0.3) is 0 Å². The molecule has 0 bridgehead atoms. The quantitative estimate of drug-likeness (QED) is 0.831. The van der Waals surface area contributed by atoms with Crippen LogP contribution in [-0.4, -0.2) is 16.6 Å². The van der Waals surface area contributed by atoms with E-state index in [4.69, 9.17) is 16.7 Å². The van der Waals surface area contributed by atoms with E-state index in [0.717, 1.165) is 12.1 Å². The van der Waals surface area contributed by atoms with Gasteiger partial charge in [-0.2, -0.15) is 0 Å². The average molecular weight is 271 g/mol. The molecule has 1 rings (SSSR count). The van der Waals surface area contributed by atoms with E-state index in [9.17, 15) is 0 Å². The smallest absolute Gasteiger partial charge is 0.144 e. The molecule has 0 saturated heterocycles. The summed E-state index contributed by atoms with van der Waals surface area (Å²) >= 11 is 6.11. The Labute approximate surface area is 115 Å². The average Bonchev–Trinajstić information content (AvgIpc) is 2.30. The number of rotatable bonds is 6. The summed E-state index contributed by atoms with van der Waals surface area (Å²) in [5.41, 5.74) is 0.731. The number of aromatic nitrogens is 1. The van der Waals surface area contributed by atoms with Gasteiger partial charge in [0.05, 0.1) is 11.6 Å². The van der Waals surface area contributed by atoms with Crippen LogP contribution in [0.5, 0.6) is 0 Å². The number of hydrogen-bond donors (Lipinski definition) is 2. The molecule has 0 radical (unpaired) electrons. The molecule has 18 heavy (non-hydrogen) atoms. The van der Waals surface area contributed by atoms with Gasteiger partial charge in [0.1, 0.15) is 5.82 Å². The SMILES string of the molecule is CC(C)C(CNc1ncc(CO)cc1Cl)C(C)C. The summed E-state index contributed by atoms with van der Waals surface area (Å²) < 4.78 is 0. The summed E-state index contributed by atoms with van der Waals surface area (Å²) in [5.74, 6) is 2.52. The lowest BCUT2D eigenvalue weighted by molar-refractivity contribution is 0.281. The number of halogens is 1. The Morgan fingerprint density at radius 3 is 2.33 bits per heavy atom. The van der Waals surface area contributed by atoms with Crippen molar-refractivity contribution in [2.75, 3.05) is 11.9 Å². The zero-order chi connectivity index (χ0) is 13.7. The van der Waals surface area contributed by atoms with Gasteiger partial charge in [0.2, 0.25) is 0 Å². The molecule has 0 aliphatic heterocycles. The van der Waals surface area contributed by atoms with Crippen LogP contribution in [0.4, 0.5) is 5.82 Å². The molecule has 1 aromatic rings. The van der Waals surface area contributed by atoms with Gasteiger partial charge in [0.15, 0.2) is 0 Å². The number of pyridine rings is 1. The minimum absolute atomic E-state index is 0.0341. The Bertz CT molecular complexity index is 372. The number of nitrogens with one attached hydrogen (secondary N) is 1. The Kier molecular flexibility index (Phi) is 5.89. The summed E-state index contributed by atoms with van der Waals surface area (Å²) in [7, 11) is 0. The normalized spacial score (nSPS) is 11.6. The minimum Gasteiger partial charge on any atom is -0.392 e. The van der Waals surface area contributed by atoms with E-state index in [2.05, 4.69) is 38.0 Å². The van der Waals surface area contributed by atoms with Gasteiger partial charge < -0.3 is 10.4 Å². The number of anilines is 1. The zero-order valence-corrected chi connectivity index (χ0v) is 12.3. The molecule has 1 heterocycles. The highest BCUT2D eigenvalue weighted by atomic mass is 35.5. The summed E-state index contributed by atoms with van der Waals surface area (Å²) in [6.45, 7) is 9.76. The third-order valence-electron chi connectivity index (χ3n) is 3.30. The lowest BCUT2D eigenvalue weighted by Crippen LogP contribution is -2.25. The van der Waals surface area contributed by atoms with E-state index >= 15 is 0 Å². The molecule has 0 fully saturated rings. The topological polar surface area (TPSA) is 45.2 Å². The maximum atomic E-state index is 9.00.